The highest BCUT2D eigenvalue weighted by molar-refractivity contribution is 7.98. The van der Waals surface area contributed by atoms with Crippen LogP contribution in [0.15, 0.2) is 47.4 Å². The number of benzene rings is 2. The van der Waals surface area contributed by atoms with Gasteiger partial charge < -0.3 is 10.1 Å². The van der Waals surface area contributed by atoms with Crippen LogP contribution in [0.3, 0.4) is 0 Å². The molecule has 148 valence electrons. The predicted octanol–water partition coefficient (Wildman–Crippen LogP) is 4.62. The molecule has 0 spiro atoms. The van der Waals surface area contributed by atoms with Crippen LogP contribution in [0.25, 0.3) is 0 Å². The third kappa shape index (κ3) is 5.10. The van der Waals surface area contributed by atoms with Crippen molar-refractivity contribution in [2.24, 2.45) is 0 Å². The lowest BCUT2D eigenvalue weighted by Gasteiger charge is -2.17. The fraction of sp³-hybridized carbons (Fsp3) is 0.300. The van der Waals surface area contributed by atoms with Crippen LogP contribution in [-0.4, -0.2) is 29.2 Å². The molecule has 1 atom stereocenters. The normalized spacial score (nSPS) is 11.8. The van der Waals surface area contributed by atoms with Gasteiger partial charge in [-0.2, -0.15) is 0 Å². The number of carbonyl (C=O) groups is 2. The van der Waals surface area contributed by atoms with Crippen molar-refractivity contribution >= 4 is 35.0 Å². The quantitative estimate of drug-likeness (QED) is 0.314. The molecule has 0 radical (unpaired) electrons. The molecule has 7 nitrogen and oxygen atoms in total. The van der Waals surface area contributed by atoms with Gasteiger partial charge in [0.1, 0.15) is 0 Å². The number of nitrogens with one attached hydrogen (secondary N) is 1. The summed E-state index contributed by atoms with van der Waals surface area (Å²) in [5.41, 5.74) is 1.47. The zero-order chi connectivity index (χ0) is 20.8. The van der Waals surface area contributed by atoms with Crippen molar-refractivity contribution in [3.8, 4) is 0 Å². The van der Waals surface area contributed by atoms with Crippen molar-refractivity contribution in [2.45, 2.75) is 37.7 Å². The molecule has 28 heavy (non-hydrogen) atoms. The number of amides is 1. The fourth-order valence-corrected chi connectivity index (χ4v) is 3.14. The van der Waals surface area contributed by atoms with Crippen molar-refractivity contribution in [1.82, 2.24) is 0 Å². The number of rotatable bonds is 7. The van der Waals surface area contributed by atoms with Crippen molar-refractivity contribution in [1.29, 1.82) is 0 Å². The van der Waals surface area contributed by atoms with E-state index in [-0.39, 0.29) is 17.2 Å². The van der Waals surface area contributed by atoms with Gasteiger partial charge in [0, 0.05) is 11.8 Å². The van der Waals surface area contributed by atoms with E-state index in [4.69, 9.17) is 4.74 Å². The number of thioether (sulfide) groups is 1. The van der Waals surface area contributed by atoms with E-state index in [1.54, 1.807) is 12.3 Å². The first-order valence-electron chi connectivity index (χ1n) is 8.67. The monoisotopic (exact) mass is 402 g/mol. The van der Waals surface area contributed by atoms with E-state index in [9.17, 15) is 19.7 Å². The molecule has 0 aromatic heterocycles. The molecule has 2 aromatic rings. The Morgan fingerprint density at radius 2 is 1.82 bits per heavy atom. The van der Waals surface area contributed by atoms with Crippen LogP contribution in [-0.2, 0) is 9.53 Å². The molecule has 0 saturated carbocycles. The molecule has 0 aliphatic heterocycles. The highest BCUT2D eigenvalue weighted by atomic mass is 32.2. The number of hydrogen-bond donors (Lipinski definition) is 1. The molecule has 2 rings (SSSR count). The predicted molar refractivity (Wildman–Crippen MR) is 109 cm³/mol. The van der Waals surface area contributed by atoms with Gasteiger partial charge in [0.15, 0.2) is 6.10 Å². The van der Waals surface area contributed by atoms with Gasteiger partial charge in [0.25, 0.3) is 11.6 Å². The first-order chi connectivity index (χ1) is 13.2. The zero-order valence-electron chi connectivity index (χ0n) is 16.1. The van der Waals surface area contributed by atoms with Gasteiger partial charge in [-0.05, 0) is 42.9 Å². The molecule has 0 bridgehead atoms. The minimum atomic E-state index is -1.06. The van der Waals surface area contributed by atoms with Crippen LogP contribution in [0.5, 0.6) is 0 Å². The number of ether oxygens (including phenoxy) is 1. The van der Waals surface area contributed by atoms with Gasteiger partial charge >= 0.3 is 5.97 Å². The second kappa shape index (κ2) is 9.36. The number of nitrogens with zero attached hydrogens (tertiary/aromatic N) is 1. The van der Waals surface area contributed by atoms with Crippen LogP contribution in [0.4, 0.5) is 11.4 Å². The minimum absolute atomic E-state index is 0.0201. The van der Waals surface area contributed by atoms with Crippen molar-refractivity contribution in [3.05, 3.63) is 63.7 Å². The van der Waals surface area contributed by atoms with E-state index < -0.39 is 22.9 Å². The summed E-state index contributed by atoms with van der Waals surface area (Å²) >= 11 is 1.21. The summed E-state index contributed by atoms with van der Waals surface area (Å²) in [7, 11) is 0. The first-order valence-corrected chi connectivity index (χ1v) is 9.90. The third-order valence-corrected chi connectivity index (χ3v) is 4.89. The van der Waals surface area contributed by atoms with E-state index >= 15 is 0 Å². The maximum absolute atomic E-state index is 12.4. The molecule has 0 fully saturated rings. The van der Waals surface area contributed by atoms with Crippen LogP contribution in [0, 0.1) is 10.1 Å². The summed E-state index contributed by atoms with van der Waals surface area (Å²) in [6, 6.07) is 11.5. The lowest BCUT2D eigenvalue weighted by Crippen LogP contribution is -2.30. The number of carbonyl (C=O) groups excluding carboxylic acids is 2. The van der Waals surface area contributed by atoms with Gasteiger partial charge in [-0.1, -0.05) is 32.0 Å². The molecule has 0 heterocycles. The summed E-state index contributed by atoms with van der Waals surface area (Å²) in [6.45, 7) is 5.48. The molecule has 1 N–H and O–H groups in total. The summed E-state index contributed by atoms with van der Waals surface area (Å²) in [6.07, 6.45) is 0.647. The zero-order valence-corrected chi connectivity index (χ0v) is 16.9. The topological polar surface area (TPSA) is 98.5 Å². The van der Waals surface area contributed by atoms with Crippen molar-refractivity contribution in [2.75, 3.05) is 11.6 Å². The Balaban J connectivity index is 2.11. The van der Waals surface area contributed by atoms with Crippen LogP contribution < -0.4 is 5.32 Å². The van der Waals surface area contributed by atoms with Crippen molar-refractivity contribution < 1.29 is 19.2 Å². The molecule has 0 saturated heterocycles. The van der Waals surface area contributed by atoms with Crippen LogP contribution in [0.2, 0.25) is 0 Å². The highest BCUT2D eigenvalue weighted by Crippen LogP contribution is 2.29. The molecule has 8 heteroatoms. The van der Waals surface area contributed by atoms with Crippen molar-refractivity contribution in [3.63, 3.8) is 0 Å². The molecule has 0 unspecified atom stereocenters. The Morgan fingerprint density at radius 1 is 1.14 bits per heavy atom. The fourth-order valence-electron chi connectivity index (χ4n) is 2.59. The van der Waals surface area contributed by atoms with E-state index in [0.717, 1.165) is 11.6 Å². The smallest absolute Gasteiger partial charge is 0.339 e. The molecule has 0 aliphatic rings. The number of nitro benzene ring substituents is 1. The van der Waals surface area contributed by atoms with Gasteiger partial charge in [0.05, 0.1) is 15.4 Å². The van der Waals surface area contributed by atoms with Gasteiger partial charge in [-0.25, -0.2) is 4.79 Å². The average Bonchev–Trinajstić information content (AvgIpc) is 2.67. The van der Waals surface area contributed by atoms with Gasteiger partial charge in [-0.3, -0.25) is 14.9 Å². The second-order valence-electron chi connectivity index (χ2n) is 6.42. The van der Waals surface area contributed by atoms with E-state index in [2.05, 4.69) is 5.32 Å². The Labute approximate surface area is 167 Å². The number of esters is 1. The first kappa shape index (κ1) is 21.4. The highest BCUT2D eigenvalue weighted by Gasteiger charge is 2.23. The Morgan fingerprint density at radius 3 is 2.43 bits per heavy atom. The largest absolute Gasteiger partial charge is 0.449 e. The maximum Gasteiger partial charge on any atom is 0.339 e. The van der Waals surface area contributed by atoms with Gasteiger partial charge in [-0.15, -0.1) is 11.8 Å². The number of hydrogen-bond acceptors (Lipinski definition) is 6. The van der Waals surface area contributed by atoms with Gasteiger partial charge in [0.2, 0.25) is 0 Å². The Hall–Kier alpha value is -2.87. The second-order valence-corrected chi connectivity index (χ2v) is 7.27. The Kier molecular flexibility index (Phi) is 7.17. The molecule has 1 amide bonds. The summed E-state index contributed by atoms with van der Waals surface area (Å²) in [4.78, 5) is 35.8. The van der Waals surface area contributed by atoms with Crippen LogP contribution in [0.1, 0.15) is 42.6 Å². The average molecular weight is 402 g/mol. The number of anilines is 1. The molecule has 2 aromatic carbocycles. The lowest BCUT2D eigenvalue weighted by molar-refractivity contribution is -0.387. The summed E-state index contributed by atoms with van der Waals surface area (Å²) < 4.78 is 5.20. The van der Waals surface area contributed by atoms with E-state index in [1.165, 1.54) is 30.8 Å². The third-order valence-electron chi connectivity index (χ3n) is 4.10. The van der Waals surface area contributed by atoms with E-state index in [0.29, 0.717) is 10.6 Å². The van der Waals surface area contributed by atoms with E-state index in [1.807, 2.05) is 32.0 Å². The maximum atomic E-state index is 12.4. The summed E-state index contributed by atoms with van der Waals surface area (Å²) in [5, 5.41) is 13.9. The number of nitro groups is 1. The molecule has 0 aliphatic carbocycles. The Bertz CT molecular complexity index is 898. The molecular weight excluding hydrogens is 380 g/mol. The standard InChI is InChI=1S/C20H22N2O5S/c1-12(2)15-7-5-6-8-16(15)21-19(23)13(3)27-20(24)14-9-10-18(28-4)17(11-14)22(25)26/h5-13H,1-4H3,(H,21,23)/t13-/m1/s1. The van der Waals surface area contributed by atoms with Crippen LogP contribution >= 0.6 is 11.8 Å². The summed E-state index contributed by atoms with van der Waals surface area (Å²) in [5.74, 6) is -1.06. The number of para-hydroxylation sites is 1. The lowest BCUT2D eigenvalue weighted by atomic mass is 10.0. The molecular formula is C20H22N2O5S. The minimum Gasteiger partial charge on any atom is -0.449 e. The SMILES string of the molecule is CSc1ccc(C(=O)O[C@H](C)C(=O)Nc2ccccc2C(C)C)cc1[N+](=O)[O-].